The van der Waals surface area contributed by atoms with Gasteiger partial charge < -0.3 is 25.1 Å². The highest BCUT2D eigenvalue weighted by molar-refractivity contribution is 5.94. The smallest absolute Gasteiger partial charge is 0.251 e. The summed E-state index contributed by atoms with van der Waals surface area (Å²) in [7, 11) is 0. The second kappa shape index (κ2) is 10.3. The predicted molar refractivity (Wildman–Crippen MR) is 116 cm³/mol. The SMILES string of the molecule is CC(C)Oc1cc(Oc2ccc(C(=O)NCCCn3ccnc3)cc2)cc(C(N)=O)c1. The minimum absolute atomic E-state index is 0.0614. The molecule has 0 bridgehead atoms. The number of carbonyl (C=O) groups excluding carboxylic acids is 2. The average molecular weight is 422 g/mol. The largest absolute Gasteiger partial charge is 0.491 e. The molecule has 2 amide bonds. The summed E-state index contributed by atoms with van der Waals surface area (Å²) in [4.78, 5) is 27.9. The van der Waals surface area contributed by atoms with Crippen molar-refractivity contribution in [3.05, 3.63) is 72.3 Å². The Morgan fingerprint density at radius 1 is 1.06 bits per heavy atom. The maximum Gasteiger partial charge on any atom is 0.251 e. The molecule has 0 aliphatic rings. The van der Waals surface area contributed by atoms with E-state index in [4.69, 9.17) is 15.2 Å². The molecule has 0 saturated carbocycles. The molecule has 0 saturated heterocycles. The maximum atomic E-state index is 12.3. The molecule has 1 heterocycles. The number of ether oxygens (including phenoxy) is 2. The minimum Gasteiger partial charge on any atom is -0.491 e. The van der Waals surface area contributed by atoms with E-state index in [0.29, 0.717) is 34.9 Å². The number of rotatable bonds is 10. The lowest BCUT2D eigenvalue weighted by Gasteiger charge is -2.13. The first-order valence-corrected chi connectivity index (χ1v) is 10.0. The van der Waals surface area contributed by atoms with Gasteiger partial charge in [0.25, 0.3) is 5.91 Å². The summed E-state index contributed by atoms with van der Waals surface area (Å²) in [5, 5.41) is 2.89. The summed E-state index contributed by atoms with van der Waals surface area (Å²) in [5.74, 6) is 0.713. The highest BCUT2D eigenvalue weighted by atomic mass is 16.5. The normalized spacial score (nSPS) is 10.7. The monoisotopic (exact) mass is 422 g/mol. The predicted octanol–water partition coefficient (Wildman–Crippen LogP) is 3.38. The van der Waals surface area contributed by atoms with Crippen LogP contribution < -0.4 is 20.5 Å². The molecule has 0 aliphatic carbocycles. The van der Waals surface area contributed by atoms with Crippen LogP contribution >= 0.6 is 0 Å². The Morgan fingerprint density at radius 3 is 2.45 bits per heavy atom. The lowest BCUT2D eigenvalue weighted by atomic mass is 10.2. The van der Waals surface area contributed by atoms with E-state index in [1.165, 1.54) is 0 Å². The number of amides is 2. The van der Waals surface area contributed by atoms with Crippen LogP contribution in [0.25, 0.3) is 0 Å². The van der Waals surface area contributed by atoms with Gasteiger partial charge >= 0.3 is 0 Å². The van der Waals surface area contributed by atoms with Gasteiger partial charge in [-0.1, -0.05) is 0 Å². The van der Waals surface area contributed by atoms with E-state index in [2.05, 4.69) is 10.3 Å². The molecule has 31 heavy (non-hydrogen) atoms. The van der Waals surface area contributed by atoms with Crippen LogP contribution in [0.4, 0.5) is 0 Å². The summed E-state index contributed by atoms with van der Waals surface area (Å²) >= 11 is 0. The molecular formula is C23H26N4O4. The Bertz CT molecular complexity index is 1010. The van der Waals surface area contributed by atoms with Crippen molar-refractivity contribution in [2.45, 2.75) is 32.9 Å². The van der Waals surface area contributed by atoms with Crippen molar-refractivity contribution in [3.63, 3.8) is 0 Å². The van der Waals surface area contributed by atoms with Crippen LogP contribution in [0.5, 0.6) is 17.2 Å². The van der Waals surface area contributed by atoms with Crippen molar-refractivity contribution in [2.24, 2.45) is 5.73 Å². The zero-order chi connectivity index (χ0) is 22.2. The number of aryl methyl sites for hydroxylation is 1. The summed E-state index contributed by atoms with van der Waals surface area (Å²) in [6.07, 6.45) is 6.11. The van der Waals surface area contributed by atoms with Crippen molar-refractivity contribution >= 4 is 11.8 Å². The van der Waals surface area contributed by atoms with E-state index in [1.807, 2.05) is 24.6 Å². The van der Waals surface area contributed by atoms with Gasteiger partial charge in [0.2, 0.25) is 5.91 Å². The third-order valence-electron chi connectivity index (χ3n) is 4.33. The molecule has 0 aliphatic heterocycles. The van der Waals surface area contributed by atoms with Crippen LogP contribution in [-0.4, -0.2) is 34.0 Å². The molecule has 0 spiro atoms. The van der Waals surface area contributed by atoms with Crippen LogP contribution in [-0.2, 0) is 6.54 Å². The van der Waals surface area contributed by atoms with Crippen LogP contribution in [0.1, 0.15) is 41.0 Å². The maximum absolute atomic E-state index is 12.3. The summed E-state index contributed by atoms with van der Waals surface area (Å²) in [6, 6.07) is 11.6. The van der Waals surface area contributed by atoms with E-state index in [0.717, 1.165) is 13.0 Å². The fourth-order valence-electron chi connectivity index (χ4n) is 2.91. The van der Waals surface area contributed by atoms with Crippen molar-refractivity contribution in [1.82, 2.24) is 14.9 Å². The summed E-state index contributed by atoms with van der Waals surface area (Å²) in [5.41, 5.74) is 6.23. The highest BCUT2D eigenvalue weighted by Crippen LogP contribution is 2.28. The number of imidazole rings is 1. The molecular weight excluding hydrogens is 396 g/mol. The molecule has 2 aromatic carbocycles. The Hall–Kier alpha value is -3.81. The zero-order valence-electron chi connectivity index (χ0n) is 17.6. The van der Waals surface area contributed by atoms with Crippen molar-refractivity contribution in [1.29, 1.82) is 0 Å². The summed E-state index contributed by atoms with van der Waals surface area (Å²) < 4.78 is 13.5. The molecule has 8 nitrogen and oxygen atoms in total. The second-order valence-corrected chi connectivity index (χ2v) is 7.26. The number of primary amides is 1. The average Bonchev–Trinajstić information content (AvgIpc) is 3.24. The third kappa shape index (κ3) is 6.60. The van der Waals surface area contributed by atoms with E-state index in [-0.39, 0.29) is 12.0 Å². The van der Waals surface area contributed by atoms with Crippen molar-refractivity contribution in [3.8, 4) is 17.2 Å². The third-order valence-corrected chi connectivity index (χ3v) is 4.33. The van der Waals surface area contributed by atoms with Gasteiger partial charge in [0.15, 0.2) is 0 Å². The Labute approximate surface area is 181 Å². The number of carbonyl (C=O) groups is 2. The molecule has 3 aromatic rings. The number of benzene rings is 2. The quantitative estimate of drug-likeness (QED) is 0.487. The summed E-state index contributed by atoms with van der Waals surface area (Å²) in [6.45, 7) is 5.13. The van der Waals surface area contributed by atoms with Gasteiger partial charge in [-0.2, -0.15) is 0 Å². The van der Waals surface area contributed by atoms with Crippen molar-refractivity contribution in [2.75, 3.05) is 6.54 Å². The van der Waals surface area contributed by atoms with Gasteiger partial charge in [0.1, 0.15) is 17.2 Å². The van der Waals surface area contributed by atoms with Gasteiger partial charge in [-0.25, -0.2) is 4.98 Å². The van der Waals surface area contributed by atoms with E-state index in [1.54, 1.807) is 55.0 Å². The first-order valence-electron chi connectivity index (χ1n) is 10.0. The zero-order valence-corrected chi connectivity index (χ0v) is 17.6. The fraction of sp³-hybridized carbons (Fsp3) is 0.261. The number of nitrogens with zero attached hydrogens (tertiary/aromatic N) is 2. The Kier molecular flexibility index (Phi) is 7.26. The molecule has 0 unspecified atom stereocenters. The molecule has 3 rings (SSSR count). The van der Waals surface area contributed by atoms with Gasteiger partial charge in [0, 0.05) is 42.7 Å². The standard InChI is InChI=1S/C23H26N4O4/c1-16(2)30-20-12-18(22(24)28)13-21(14-20)31-19-6-4-17(5-7-19)23(29)26-8-3-10-27-11-9-25-15-27/h4-7,9,11-16H,3,8,10H2,1-2H3,(H2,24,28)(H,26,29). The number of hydrogen-bond donors (Lipinski definition) is 2. The molecule has 8 heteroatoms. The topological polar surface area (TPSA) is 108 Å². The van der Waals surface area contributed by atoms with Gasteiger partial charge in [0.05, 0.1) is 12.4 Å². The van der Waals surface area contributed by atoms with Crippen LogP contribution in [0.15, 0.2) is 61.2 Å². The van der Waals surface area contributed by atoms with E-state index < -0.39 is 5.91 Å². The Balaban J connectivity index is 1.58. The number of hydrogen-bond acceptors (Lipinski definition) is 5. The number of nitrogens with two attached hydrogens (primary N) is 1. The minimum atomic E-state index is -0.570. The van der Waals surface area contributed by atoms with E-state index >= 15 is 0 Å². The molecule has 162 valence electrons. The van der Waals surface area contributed by atoms with E-state index in [9.17, 15) is 9.59 Å². The van der Waals surface area contributed by atoms with Gasteiger partial charge in [-0.15, -0.1) is 0 Å². The lowest BCUT2D eigenvalue weighted by Crippen LogP contribution is -2.25. The molecule has 0 radical (unpaired) electrons. The second-order valence-electron chi connectivity index (χ2n) is 7.26. The molecule has 3 N–H and O–H groups in total. The number of nitrogens with one attached hydrogen (secondary N) is 1. The Morgan fingerprint density at radius 2 is 1.81 bits per heavy atom. The van der Waals surface area contributed by atoms with Crippen molar-refractivity contribution < 1.29 is 19.1 Å². The van der Waals surface area contributed by atoms with Crippen LogP contribution in [0.2, 0.25) is 0 Å². The first-order chi connectivity index (χ1) is 14.9. The van der Waals surface area contributed by atoms with Crippen LogP contribution in [0.3, 0.4) is 0 Å². The van der Waals surface area contributed by atoms with Gasteiger partial charge in [-0.05, 0) is 56.7 Å². The number of aromatic nitrogens is 2. The lowest BCUT2D eigenvalue weighted by molar-refractivity contribution is 0.0951. The molecule has 0 atom stereocenters. The fourth-order valence-corrected chi connectivity index (χ4v) is 2.91. The molecule has 1 aromatic heterocycles. The van der Waals surface area contributed by atoms with Gasteiger partial charge in [-0.3, -0.25) is 9.59 Å². The highest BCUT2D eigenvalue weighted by Gasteiger charge is 2.10. The first kappa shape index (κ1) is 21.9. The molecule has 0 fully saturated rings. The van der Waals surface area contributed by atoms with Crippen LogP contribution in [0, 0.1) is 0 Å².